The van der Waals surface area contributed by atoms with Crippen molar-refractivity contribution in [2.24, 2.45) is 5.41 Å². The maximum Gasteiger partial charge on any atom is 0.316 e. The molecule has 0 atom stereocenters. The summed E-state index contributed by atoms with van der Waals surface area (Å²) in [7, 11) is 0. The molecular formula is C20H22N2O2. The molecule has 1 N–H and O–H groups in total. The van der Waals surface area contributed by atoms with Gasteiger partial charge in [-0.15, -0.1) is 0 Å². The predicted molar refractivity (Wildman–Crippen MR) is 96.1 cm³/mol. The number of nitrogens with one attached hydrogen (secondary N) is 1. The summed E-state index contributed by atoms with van der Waals surface area (Å²) in [4.78, 5) is 20.0. The number of hydrogen-bond acceptors (Lipinski definition) is 3. The first-order valence-electron chi connectivity index (χ1n) is 8.04. The summed E-state index contributed by atoms with van der Waals surface area (Å²) in [5, 5.41) is 0. The third-order valence-electron chi connectivity index (χ3n) is 4.03. The number of rotatable bonds is 2. The minimum absolute atomic E-state index is 0.254. The van der Waals surface area contributed by atoms with Crippen molar-refractivity contribution < 1.29 is 9.53 Å². The number of H-pyrrole nitrogens is 1. The summed E-state index contributed by atoms with van der Waals surface area (Å²) in [5.74, 6) is 1.04. The summed E-state index contributed by atoms with van der Waals surface area (Å²) >= 11 is 0. The fraction of sp³-hybridized carbons (Fsp3) is 0.300. The summed E-state index contributed by atoms with van der Waals surface area (Å²) in [6, 6.07) is 11.6. The molecule has 3 aromatic rings. The van der Waals surface area contributed by atoms with Gasteiger partial charge in [0.15, 0.2) is 0 Å². The SMILES string of the molecule is Cc1cc2nc(-c3cccc(OC(=O)C(C)(C)C)c3)[nH]c2cc1C. The number of hydrogen-bond donors (Lipinski definition) is 1. The molecule has 0 bridgehead atoms. The zero-order valence-electron chi connectivity index (χ0n) is 14.7. The Bertz CT molecular complexity index is 878. The molecule has 2 aromatic carbocycles. The molecule has 24 heavy (non-hydrogen) atoms. The van der Waals surface area contributed by atoms with Gasteiger partial charge in [0.05, 0.1) is 16.4 Å². The number of nitrogens with zero attached hydrogens (tertiary/aromatic N) is 1. The summed E-state index contributed by atoms with van der Waals surface area (Å²) in [6.45, 7) is 9.67. The van der Waals surface area contributed by atoms with E-state index in [1.165, 1.54) is 11.1 Å². The Balaban J connectivity index is 1.95. The van der Waals surface area contributed by atoms with Gasteiger partial charge in [0.2, 0.25) is 0 Å². The van der Waals surface area contributed by atoms with Crippen molar-refractivity contribution in [1.29, 1.82) is 0 Å². The maximum atomic E-state index is 12.1. The van der Waals surface area contributed by atoms with Crippen LogP contribution in [0.1, 0.15) is 31.9 Å². The summed E-state index contributed by atoms with van der Waals surface area (Å²) < 4.78 is 5.47. The Morgan fingerprint density at radius 3 is 2.50 bits per heavy atom. The first-order valence-corrected chi connectivity index (χ1v) is 8.04. The Hall–Kier alpha value is -2.62. The lowest BCUT2D eigenvalue weighted by atomic mass is 9.97. The number of esters is 1. The molecule has 0 aliphatic heterocycles. The van der Waals surface area contributed by atoms with Crippen LogP contribution in [0.15, 0.2) is 36.4 Å². The van der Waals surface area contributed by atoms with Crippen molar-refractivity contribution in [2.75, 3.05) is 0 Å². The normalized spacial score (nSPS) is 11.7. The van der Waals surface area contributed by atoms with Crippen LogP contribution in [-0.2, 0) is 4.79 Å². The third-order valence-corrected chi connectivity index (χ3v) is 4.03. The molecule has 0 fully saturated rings. The molecule has 0 saturated heterocycles. The molecule has 3 rings (SSSR count). The van der Waals surface area contributed by atoms with Gasteiger partial charge in [0, 0.05) is 5.56 Å². The van der Waals surface area contributed by atoms with Gasteiger partial charge in [-0.2, -0.15) is 0 Å². The van der Waals surface area contributed by atoms with E-state index in [0.717, 1.165) is 22.4 Å². The van der Waals surface area contributed by atoms with Crippen LogP contribution in [0.4, 0.5) is 0 Å². The number of aryl methyl sites for hydroxylation is 2. The van der Waals surface area contributed by atoms with Crippen molar-refractivity contribution in [3.63, 3.8) is 0 Å². The second-order valence-corrected chi connectivity index (χ2v) is 7.21. The highest BCUT2D eigenvalue weighted by molar-refractivity contribution is 5.81. The van der Waals surface area contributed by atoms with E-state index in [0.29, 0.717) is 5.75 Å². The first-order chi connectivity index (χ1) is 11.2. The lowest BCUT2D eigenvalue weighted by molar-refractivity contribution is -0.142. The topological polar surface area (TPSA) is 55.0 Å². The van der Waals surface area contributed by atoms with Gasteiger partial charge in [0.1, 0.15) is 11.6 Å². The number of aromatic nitrogens is 2. The molecule has 4 heteroatoms. The molecule has 4 nitrogen and oxygen atoms in total. The van der Waals surface area contributed by atoms with E-state index < -0.39 is 5.41 Å². The zero-order chi connectivity index (χ0) is 17.5. The van der Waals surface area contributed by atoms with E-state index in [1.54, 1.807) is 6.07 Å². The largest absolute Gasteiger partial charge is 0.426 e. The van der Waals surface area contributed by atoms with E-state index in [-0.39, 0.29) is 5.97 Å². The minimum atomic E-state index is -0.537. The molecule has 1 aromatic heterocycles. The molecule has 0 aliphatic carbocycles. The van der Waals surface area contributed by atoms with Crippen molar-refractivity contribution in [2.45, 2.75) is 34.6 Å². The Morgan fingerprint density at radius 1 is 1.08 bits per heavy atom. The fourth-order valence-electron chi connectivity index (χ4n) is 2.37. The Labute approximate surface area is 141 Å². The quantitative estimate of drug-likeness (QED) is 0.545. The van der Waals surface area contributed by atoms with Crippen molar-refractivity contribution in [3.05, 3.63) is 47.5 Å². The van der Waals surface area contributed by atoms with Gasteiger partial charge in [-0.25, -0.2) is 4.98 Å². The molecular weight excluding hydrogens is 300 g/mol. The minimum Gasteiger partial charge on any atom is -0.426 e. The van der Waals surface area contributed by atoms with Gasteiger partial charge in [-0.3, -0.25) is 4.79 Å². The fourth-order valence-corrected chi connectivity index (χ4v) is 2.37. The highest BCUT2D eigenvalue weighted by Crippen LogP contribution is 2.27. The maximum absolute atomic E-state index is 12.1. The van der Waals surface area contributed by atoms with Crippen LogP contribution in [-0.4, -0.2) is 15.9 Å². The molecule has 0 saturated carbocycles. The first kappa shape index (κ1) is 16.2. The highest BCUT2D eigenvalue weighted by atomic mass is 16.5. The monoisotopic (exact) mass is 322 g/mol. The second kappa shape index (κ2) is 5.78. The summed E-state index contributed by atoms with van der Waals surface area (Å²) in [6.07, 6.45) is 0. The number of benzene rings is 2. The van der Waals surface area contributed by atoms with Crippen molar-refractivity contribution in [3.8, 4) is 17.1 Å². The average Bonchev–Trinajstić information content (AvgIpc) is 2.90. The number of imidazole rings is 1. The highest BCUT2D eigenvalue weighted by Gasteiger charge is 2.23. The van der Waals surface area contributed by atoms with Crippen LogP contribution in [0, 0.1) is 19.3 Å². The van der Waals surface area contributed by atoms with Gasteiger partial charge in [-0.05, 0) is 70.0 Å². The predicted octanol–water partition coefficient (Wildman–Crippen LogP) is 4.80. The number of ether oxygens (including phenoxy) is 1. The molecule has 0 spiro atoms. The Morgan fingerprint density at radius 2 is 1.79 bits per heavy atom. The average molecular weight is 322 g/mol. The molecule has 124 valence electrons. The van der Waals surface area contributed by atoms with E-state index >= 15 is 0 Å². The van der Waals surface area contributed by atoms with Gasteiger partial charge < -0.3 is 9.72 Å². The van der Waals surface area contributed by atoms with E-state index in [1.807, 2.05) is 39.0 Å². The number of carbonyl (C=O) groups excluding carboxylic acids is 1. The van der Waals surface area contributed by atoms with Crippen LogP contribution >= 0.6 is 0 Å². The Kier molecular flexibility index (Phi) is 3.91. The van der Waals surface area contributed by atoms with Crippen molar-refractivity contribution in [1.82, 2.24) is 9.97 Å². The lowest BCUT2D eigenvalue weighted by Crippen LogP contribution is -2.25. The van der Waals surface area contributed by atoms with Crippen molar-refractivity contribution >= 4 is 17.0 Å². The number of aromatic amines is 1. The second-order valence-electron chi connectivity index (χ2n) is 7.21. The van der Waals surface area contributed by atoms with Gasteiger partial charge in [0.25, 0.3) is 0 Å². The van der Waals surface area contributed by atoms with E-state index in [4.69, 9.17) is 4.74 Å². The number of carbonyl (C=O) groups is 1. The van der Waals surface area contributed by atoms with Gasteiger partial charge in [-0.1, -0.05) is 12.1 Å². The third kappa shape index (κ3) is 3.18. The summed E-state index contributed by atoms with van der Waals surface area (Å²) in [5.41, 5.74) is 4.74. The standard InChI is InChI=1S/C20H22N2O2/c1-12-9-16-17(10-13(12)2)22-18(21-16)14-7-6-8-15(11-14)24-19(23)20(3,4)5/h6-11H,1-5H3,(H,21,22). The molecule has 0 amide bonds. The smallest absolute Gasteiger partial charge is 0.316 e. The molecule has 0 aliphatic rings. The zero-order valence-corrected chi connectivity index (χ0v) is 14.7. The molecule has 0 unspecified atom stereocenters. The van der Waals surface area contributed by atoms with Crippen LogP contribution in [0.3, 0.4) is 0 Å². The molecule has 1 heterocycles. The number of fused-ring (bicyclic) bond motifs is 1. The van der Waals surface area contributed by atoms with Crippen LogP contribution in [0.25, 0.3) is 22.4 Å². The van der Waals surface area contributed by atoms with Crippen LogP contribution in [0.2, 0.25) is 0 Å². The van der Waals surface area contributed by atoms with E-state index in [9.17, 15) is 4.79 Å². The van der Waals surface area contributed by atoms with Crippen LogP contribution in [0.5, 0.6) is 5.75 Å². The lowest BCUT2D eigenvalue weighted by Gasteiger charge is -2.16. The van der Waals surface area contributed by atoms with Gasteiger partial charge >= 0.3 is 5.97 Å². The van der Waals surface area contributed by atoms with E-state index in [2.05, 4.69) is 35.9 Å². The van der Waals surface area contributed by atoms with Crippen LogP contribution < -0.4 is 4.74 Å². The molecule has 0 radical (unpaired) electrons.